The molecule has 2 heterocycles. The van der Waals surface area contributed by atoms with Crippen LogP contribution in [0.15, 0.2) is 150 Å². The van der Waals surface area contributed by atoms with Crippen LogP contribution < -0.4 is 0 Å². The molecule has 0 aliphatic rings. The number of rotatable bonds is 2. The zero-order valence-electron chi connectivity index (χ0n) is 24.2. The van der Waals surface area contributed by atoms with Gasteiger partial charge in [0.15, 0.2) is 5.82 Å². The maximum atomic E-state index is 6.28. The van der Waals surface area contributed by atoms with Crippen molar-refractivity contribution in [2.45, 2.75) is 0 Å². The zero-order chi connectivity index (χ0) is 29.5. The first kappa shape index (κ1) is 24.4. The molecule has 0 aliphatic heterocycles. The Morgan fingerprint density at radius 2 is 1.04 bits per heavy atom. The Balaban J connectivity index is 1.35. The highest BCUT2D eigenvalue weighted by Gasteiger charge is 2.19. The third kappa shape index (κ3) is 3.52. The molecule has 0 spiro atoms. The van der Waals surface area contributed by atoms with E-state index in [0.29, 0.717) is 5.82 Å². The fourth-order valence-corrected chi connectivity index (χ4v) is 7.24. The third-order valence-electron chi connectivity index (χ3n) is 9.25. The normalized spacial score (nSPS) is 12.0. The first-order chi connectivity index (χ1) is 22.3. The van der Waals surface area contributed by atoms with Gasteiger partial charge in [0.25, 0.3) is 0 Å². The summed E-state index contributed by atoms with van der Waals surface area (Å²) in [6, 6.07) is 51.3. The number of para-hydroxylation sites is 2. The molecule has 0 radical (unpaired) electrons. The predicted octanol–water partition coefficient (Wildman–Crippen LogP) is 11.5. The molecule has 10 aromatic rings. The van der Waals surface area contributed by atoms with Crippen molar-refractivity contribution in [3.8, 4) is 22.6 Å². The van der Waals surface area contributed by atoms with Crippen molar-refractivity contribution in [3.63, 3.8) is 0 Å². The first-order valence-electron chi connectivity index (χ1n) is 15.3. The van der Waals surface area contributed by atoms with Crippen LogP contribution >= 0.6 is 0 Å². The predicted molar refractivity (Wildman–Crippen MR) is 188 cm³/mol. The number of benzene rings is 8. The van der Waals surface area contributed by atoms with Crippen LogP contribution in [0.3, 0.4) is 0 Å². The quantitative estimate of drug-likeness (QED) is 0.193. The number of fused-ring (bicyclic) bond motifs is 11. The van der Waals surface area contributed by atoms with E-state index >= 15 is 0 Å². The summed E-state index contributed by atoms with van der Waals surface area (Å²) in [5.74, 6) is 0.712. The van der Waals surface area contributed by atoms with Gasteiger partial charge in [0.1, 0.15) is 11.2 Å². The Labute approximate surface area is 258 Å². The molecule has 3 heteroatoms. The topological polar surface area (TPSA) is 38.9 Å². The molecule has 10 rings (SSSR count). The maximum Gasteiger partial charge on any atom is 0.161 e. The fourth-order valence-electron chi connectivity index (χ4n) is 7.24. The molecule has 0 N–H and O–H groups in total. The monoisotopic (exact) mass is 572 g/mol. The summed E-state index contributed by atoms with van der Waals surface area (Å²) in [5, 5.41) is 12.9. The molecule has 8 aromatic carbocycles. The number of aromatic nitrogens is 2. The smallest absolute Gasteiger partial charge is 0.161 e. The second-order valence-corrected chi connectivity index (χ2v) is 11.7. The fraction of sp³-hybridized carbons (Fsp3) is 0. The molecular weight excluding hydrogens is 548 g/mol. The lowest BCUT2D eigenvalue weighted by Gasteiger charge is -2.15. The number of hydrogen-bond acceptors (Lipinski definition) is 3. The highest BCUT2D eigenvalue weighted by atomic mass is 16.3. The second kappa shape index (κ2) is 9.22. The summed E-state index contributed by atoms with van der Waals surface area (Å²) in [4.78, 5) is 10.7. The minimum absolute atomic E-state index is 0.712. The van der Waals surface area contributed by atoms with E-state index in [4.69, 9.17) is 14.4 Å². The van der Waals surface area contributed by atoms with E-state index in [9.17, 15) is 0 Å². The molecule has 0 saturated heterocycles. The van der Waals surface area contributed by atoms with E-state index in [1.807, 2.05) is 18.2 Å². The molecule has 0 fully saturated rings. The van der Waals surface area contributed by atoms with Gasteiger partial charge in [-0.1, -0.05) is 121 Å². The van der Waals surface area contributed by atoms with E-state index in [2.05, 4.69) is 127 Å². The molecular formula is C42H24N2O. The lowest BCUT2D eigenvalue weighted by Crippen LogP contribution is -1.97. The molecule has 2 aromatic heterocycles. The van der Waals surface area contributed by atoms with Crippen LogP contribution in [0.5, 0.6) is 0 Å². The molecule has 0 bridgehead atoms. The highest BCUT2D eigenvalue weighted by Crippen LogP contribution is 2.42. The summed E-state index contributed by atoms with van der Waals surface area (Å²) < 4.78 is 6.28. The van der Waals surface area contributed by atoms with Gasteiger partial charge in [-0.05, 0) is 67.4 Å². The molecule has 0 aliphatic carbocycles. The average Bonchev–Trinajstić information content (AvgIpc) is 3.49. The van der Waals surface area contributed by atoms with Crippen LogP contribution in [0.4, 0.5) is 0 Å². The van der Waals surface area contributed by atoms with Crippen LogP contribution in [0.25, 0.3) is 98.6 Å². The Morgan fingerprint density at radius 3 is 1.96 bits per heavy atom. The van der Waals surface area contributed by atoms with Gasteiger partial charge >= 0.3 is 0 Å². The largest absolute Gasteiger partial charge is 0.456 e. The minimum atomic E-state index is 0.712. The first-order valence-corrected chi connectivity index (χ1v) is 15.3. The Bertz CT molecular complexity index is 2830. The van der Waals surface area contributed by atoms with Gasteiger partial charge in [0.05, 0.1) is 11.2 Å². The molecule has 208 valence electrons. The molecule has 0 atom stereocenters. The molecule has 0 saturated carbocycles. The van der Waals surface area contributed by atoms with Crippen LogP contribution in [-0.2, 0) is 0 Å². The van der Waals surface area contributed by atoms with E-state index in [1.165, 1.54) is 37.7 Å². The average molecular weight is 573 g/mol. The van der Waals surface area contributed by atoms with Crippen molar-refractivity contribution in [3.05, 3.63) is 146 Å². The van der Waals surface area contributed by atoms with Crippen LogP contribution in [0, 0.1) is 0 Å². The second-order valence-electron chi connectivity index (χ2n) is 11.7. The van der Waals surface area contributed by atoms with Crippen LogP contribution in [0.2, 0.25) is 0 Å². The van der Waals surface area contributed by atoms with E-state index < -0.39 is 0 Å². The lowest BCUT2D eigenvalue weighted by molar-refractivity contribution is 0.669. The van der Waals surface area contributed by atoms with Crippen LogP contribution in [0.1, 0.15) is 0 Å². The standard InChI is InChI=1S/C42H24N2O/c1-2-11-27-25(10-1)20-21-26-22-23-30-28-12-3-4-13-29(28)35(24-34(30)39(26)27)42-43-36-17-7-5-14-31(36)41(44-42)33-16-9-19-38-40(33)32-15-6-8-18-37(32)45-38/h1-24H. The van der Waals surface area contributed by atoms with Crippen molar-refractivity contribution >= 4 is 75.9 Å². The Morgan fingerprint density at radius 1 is 0.378 bits per heavy atom. The number of nitrogens with zero attached hydrogens (tertiary/aromatic N) is 2. The van der Waals surface area contributed by atoms with Gasteiger partial charge in [-0.25, -0.2) is 9.97 Å². The Hall–Kier alpha value is -6.06. The van der Waals surface area contributed by atoms with E-state index in [0.717, 1.165) is 55.0 Å². The van der Waals surface area contributed by atoms with Crippen molar-refractivity contribution in [2.75, 3.05) is 0 Å². The number of furan rings is 1. The van der Waals surface area contributed by atoms with Crippen LogP contribution in [-0.4, -0.2) is 9.97 Å². The lowest BCUT2D eigenvalue weighted by atomic mass is 9.91. The number of hydrogen-bond donors (Lipinski definition) is 0. The Kier molecular flexibility index (Phi) is 5.00. The summed E-state index contributed by atoms with van der Waals surface area (Å²) in [5.41, 5.74) is 5.61. The van der Waals surface area contributed by atoms with Crippen molar-refractivity contribution in [2.24, 2.45) is 0 Å². The summed E-state index contributed by atoms with van der Waals surface area (Å²) in [6.07, 6.45) is 0. The third-order valence-corrected chi connectivity index (χ3v) is 9.25. The summed E-state index contributed by atoms with van der Waals surface area (Å²) >= 11 is 0. The molecule has 45 heavy (non-hydrogen) atoms. The molecule has 0 amide bonds. The zero-order valence-corrected chi connectivity index (χ0v) is 24.2. The van der Waals surface area contributed by atoms with Gasteiger partial charge in [0, 0.05) is 27.3 Å². The van der Waals surface area contributed by atoms with Crippen molar-refractivity contribution in [1.29, 1.82) is 0 Å². The van der Waals surface area contributed by atoms with Gasteiger partial charge in [-0.3, -0.25) is 0 Å². The SMILES string of the molecule is c1ccc2c(c1)ccc1ccc3c4ccccc4c(-c4nc(-c5cccc6oc7ccccc7c56)c5ccccc5n4)cc3c12. The van der Waals surface area contributed by atoms with Gasteiger partial charge in [0.2, 0.25) is 0 Å². The molecule has 0 unspecified atom stereocenters. The van der Waals surface area contributed by atoms with Crippen molar-refractivity contribution in [1.82, 2.24) is 9.97 Å². The summed E-state index contributed by atoms with van der Waals surface area (Å²) in [6.45, 7) is 0. The van der Waals surface area contributed by atoms with Gasteiger partial charge < -0.3 is 4.42 Å². The maximum absolute atomic E-state index is 6.28. The van der Waals surface area contributed by atoms with Gasteiger partial charge in [-0.2, -0.15) is 0 Å². The van der Waals surface area contributed by atoms with Crippen molar-refractivity contribution < 1.29 is 4.42 Å². The summed E-state index contributed by atoms with van der Waals surface area (Å²) in [7, 11) is 0. The van der Waals surface area contributed by atoms with E-state index in [-0.39, 0.29) is 0 Å². The molecule has 3 nitrogen and oxygen atoms in total. The van der Waals surface area contributed by atoms with Gasteiger partial charge in [-0.15, -0.1) is 0 Å². The minimum Gasteiger partial charge on any atom is -0.456 e. The highest BCUT2D eigenvalue weighted by molar-refractivity contribution is 6.26. The van der Waals surface area contributed by atoms with E-state index in [1.54, 1.807) is 0 Å².